The fraction of sp³-hybridized carbons (Fsp3) is 0.188. The molecule has 21 heavy (non-hydrogen) atoms. The van der Waals surface area contributed by atoms with Crippen LogP contribution in [0.25, 0.3) is 11.3 Å². The van der Waals surface area contributed by atoms with E-state index in [4.69, 9.17) is 0 Å². The van der Waals surface area contributed by atoms with Crippen molar-refractivity contribution in [2.75, 3.05) is 13.1 Å². The SMILES string of the molecule is CC(=O)NCCNC(=O)c1ccc(-c2ccccc2)nc1. The molecule has 2 amide bonds. The highest BCUT2D eigenvalue weighted by Gasteiger charge is 2.06. The van der Waals surface area contributed by atoms with Crippen molar-refractivity contribution in [3.05, 3.63) is 54.2 Å². The Labute approximate surface area is 123 Å². The van der Waals surface area contributed by atoms with Crippen LogP contribution in [0.15, 0.2) is 48.7 Å². The zero-order chi connectivity index (χ0) is 15.1. The number of nitrogens with one attached hydrogen (secondary N) is 2. The molecule has 0 radical (unpaired) electrons. The Balaban J connectivity index is 1.93. The summed E-state index contributed by atoms with van der Waals surface area (Å²) in [5.41, 5.74) is 2.33. The molecule has 5 heteroatoms. The van der Waals surface area contributed by atoms with E-state index in [1.165, 1.54) is 6.92 Å². The van der Waals surface area contributed by atoms with E-state index in [1.54, 1.807) is 12.3 Å². The van der Waals surface area contributed by atoms with Gasteiger partial charge in [0.2, 0.25) is 5.91 Å². The van der Waals surface area contributed by atoms with Crippen LogP contribution in [0, 0.1) is 0 Å². The second kappa shape index (κ2) is 7.19. The zero-order valence-corrected chi connectivity index (χ0v) is 11.8. The molecule has 0 spiro atoms. The van der Waals surface area contributed by atoms with Crippen LogP contribution in [0.1, 0.15) is 17.3 Å². The van der Waals surface area contributed by atoms with Gasteiger partial charge in [-0.15, -0.1) is 0 Å². The van der Waals surface area contributed by atoms with Crippen LogP contribution in [0.4, 0.5) is 0 Å². The smallest absolute Gasteiger partial charge is 0.252 e. The third-order valence-corrected chi connectivity index (χ3v) is 2.88. The van der Waals surface area contributed by atoms with E-state index in [9.17, 15) is 9.59 Å². The lowest BCUT2D eigenvalue weighted by Crippen LogP contribution is -2.33. The summed E-state index contributed by atoms with van der Waals surface area (Å²) in [4.78, 5) is 26.9. The van der Waals surface area contributed by atoms with E-state index < -0.39 is 0 Å². The van der Waals surface area contributed by atoms with Gasteiger partial charge in [-0.1, -0.05) is 30.3 Å². The first kappa shape index (κ1) is 14.7. The first-order valence-corrected chi connectivity index (χ1v) is 6.71. The number of carbonyl (C=O) groups excluding carboxylic acids is 2. The molecule has 0 saturated heterocycles. The van der Waals surface area contributed by atoms with E-state index >= 15 is 0 Å². The summed E-state index contributed by atoms with van der Waals surface area (Å²) in [6.07, 6.45) is 1.55. The largest absolute Gasteiger partial charge is 0.355 e. The van der Waals surface area contributed by atoms with E-state index in [1.807, 2.05) is 36.4 Å². The van der Waals surface area contributed by atoms with Gasteiger partial charge in [0.25, 0.3) is 5.91 Å². The highest BCUT2D eigenvalue weighted by molar-refractivity contribution is 5.94. The Morgan fingerprint density at radius 2 is 1.71 bits per heavy atom. The Hall–Kier alpha value is -2.69. The topological polar surface area (TPSA) is 71.1 Å². The average Bonchev–Trinajstić information content (AvgIpc) is 2.52. The molecule has 0 atom stereocenters. The fourth-order valence-electron chi connectivity index (χ4n) is 1.82. The number of nitrogens with zero attached hydrogens (tertiary/aromatic N) is 1. The minimum absolute atomic E-state index is 0.113. The summed E-state index contributed by atoms with van der Waals surface area (Å²) in [6.45, 7) is 2.24. The van der Waals surface area contributed by atoms with Crippen LogP contribution in [-0.4, -0.2) is 29.9 Å². The van der Waals surface area contributed by atoms with Gasteiger partial charge in [0.05, 0.1) is 11.3 Å². The standard InChI is InChI=1S/C16H17N3O2/c1-12(20)17-9-10-18-16(21)14-7-8-15(19-11-14)13-5-3-2-4-6-13/h2-8,11H,9-10H2,1H3,(H,17,20)(H,18,21). The molecule has 108 valence electrons. The van der Waals surface area contributed by atoms with Crippen LogP contribution >= 0.6 is 0 Å². The van der Waals surface area contributed by atoms with Crippen LogP contribution in [0.3, 0.4) is 0 Å². The van der Waals surface area contributed by atoms with Gasteiger partial charge < -0.3 is 10.6 Å². The molecule has 0 unspecified atom stereocenters. The number of pyridine rings is 1. The van der Waals surface area contributed by atoms with Gasteiger partial charge >= 0.3 is 0 Å². The molecule has 0 aliphatic carbocycles. The molecule has 2 N–H and O–H groups in total. The lowest BCUT2D eigenvalue weighted by Gasteiger charge is -2.06. The van der Waals surface area contributed by atoms with Crippen LogP contribution in [-0.2, 0) is 4.79 Å². The van der Waals surface area contributed by atoms with E-state index in [0.717, 1.165) is 11.3 Å². The number of carbonyl (C=O) groups is 2. The number of amides is 2. The molecule has 0 fully saturated rings. The third kappa shape index (κ3) is 4.42. The van der Waals surface area contributed by atoms with Gasteiger partial charge in [0.1, 0.15) is 0 Å². The van der Waals surface area contributed by atoms with Gasteiger partial charge in [-0.3, -0.25) is 14.6 Å². The van der Waals surface area contributed by atoms with Crippen molar-refractivity contribution in [1.29, 1.82) is 0 Å². The molecule has 2 rings (SSSR count). The zero-order valence-electron chi connectivity index (χ0n) is 11.8. The quantitative estimate of drug-likeness (QED) is 0.819. The first-order chi connectivity index (χ1) is 10.2. The molecule has 5 nitrogen and oxygen atoms in total. The number of hydrogen-bond donors (Lipinski definition) is 2. The van der Waals surface area contributed by atoms with Crippen molar-refractivity contribution in [1.82, 2.24) is 15.6 Å². The summed E-state index contributed by atoms with van der Waals surface area (Å²) >= 11 is 0. The molecular formula is C16H17N3O2. The Morgan fingerprint density at radius 1 is 1.00 bits per heavy atom. The van der Waals surface area contributed by atoms with Gasteiger partial charge in [0, 0.05) is 31.8 Å². The predicted molar refractivity (Wildman–Crippen MR) is 80.7 cm³/mol. The van der Waals surface area contributed by atoms with Gasteiger partial charge in [-0.2, -0.15) is 0 Å². The van der Waals surface area contributed by atoms with Gasteiger partial charge in [-0.05, 0) is 12.1 Å². The molecule has 1 aromatic heterocycles. The summed E-state index contributed by atoms with van der Waals surface area (Å²) < 4.78 is 0. The van der Waals surface area contributed by atoms with Crippen molar-refractivity contribution < 1.29 is 9.59 Å². The second-order valence-corrected chi connectivity index (χ2v) is 4.54. The number of rotatable bonds is 5. The molecular weight excluding hydrogens is 266 g/mol. The summed E-state index contributed by atoms with van der Waals surface area (Å²) in [5, 5.41) is 5.33. The normalized spacial score (nSPS) is 9.95. The highest BCUT2D eigenvalue weighted by Crippen LogP contribution is 2.15. The monoisotopic (exact) mass is 283 g/mol. The minimum atomic E-state index is -0.201. The molecule has 1 aromatic carbocycles. The minimum Gasteiger partial charge on any atom is -0.355 e. The summed E-state index contributed by atoms with van der Waals surface area (Å²) in [7, 11) is 0. The van der Waals surface area contributed by atoms with Crippen molar-refractivity contribution in [2.45, 2.75) is 6.92 Å². The lowest BCUT2D eigenvalue weighted by molar-refractivity contribution is -0.118. The van der Waals surface area contributed by atoms with Gasteiger partial charge in [0.15, 0.2) is 0 Å². The number of aromatic nitrogens is 1. The van der Waals surface area contributed by atoms with E-state index in [2.05, 4.69) is 15.6 Å². The summed E-state index contributed by atoms with van der Waals surface area (Å²) in [6, 6.07) is 13.3. The Bertz CT molecular complexity index is 609. The maximum atomic E-state index is 11.9. The van der Waals surface area contributed by atoms with Crippen LogP contribution in [0.5, 0.6) is 0 Å². The number of benzene rings is 1. The van der Waals surface area contributed by atoms with E-state index in [0.29, 0.717) is 18.7 Å². The predicted octanol–water partition coefficient (Wildman–Crippen LogP) is 1.61. The lowest BCUT2D eigenvalue weighted by atomic mass is 10.1. The maximum absolute atomic E-state index is 11.9. The molecule has 2 aromatic rings. The van der Waals surface area contributed by atoms with Crippen molar-refractivity contribution in [3.63, 3.8) is 0 Å². The maximum Gasteiger partial charge on any atom is 0.252 e. The number of hydrogen-bond acceptors (Lipinski definition) is 3. The molecule has 0 saturated carbocycles. The molecule has 0 bridgehead atoms. The third-order valence-electron chi connectivity index (χ3n) is 2.88. The fourth-order valence-corrected chi connectivity index (χ4v) is 1.82. The second-order valence-electron chi connectivity index (χ2n) is 4.54. The van der Waals surface area contributed by atoms with Gasteiger partial charge in [-0.25, -0.2) is 0 Å². The molecule has 0 aliphatic rings. The summed E-state index contributed by atoms with van der Waals surface area (Å²) in [5.74, 6) is -0.314. The van der Waals surface area contributed by atoms with Crippen molar-refractivity contribution in [3.8, 4) is 11.3 Å². The van der Waals surface area contributed by atoms with E-state index in [-0.39, 0.29) is 11.8 Å². The van der Waals surface area contributed by atoms with Crippen molar-refractivity contribution in [2.24, 2.45) is 0 Å². The highest BCUT2D eigenvalue weighted by atomic mass is 16.2. The van der Waals surface area contributed by atoms with Crippen LogP contribution in [0.2, 0.25) is 0 Å². The van der Waals surface area contributed by atoms with Crippen molar-refractivity contribution >= 4 is 11.8 Å². The average molecular weight is 283 g/mol. The Kier molecular flexibility index (Phi) is 5.04. The first-order valence-electron chi connectivity index (χ1n) is 6.71. The Morgan fingerprint density at radius 3 is 2.33 bits per heavy atom. The van der Waals surface area contributed by atoms with Crippen LogP contribution < -0.4 is 10.6 Å². The molecule has 1 heterocycles. The molecule has 0 aliphatic heterocycles.